The van der Waals surface area contributed by atoms with Gasteiger partial charge in [-0.15, -0.1) is 0 Å². The molecule has 0 heterocycles. The minimum Gasteiger partial charge on any atom is -0.378 e. The molecular weight excluding hydrogens is 475 g/mol. The van der Waals surface area contributed by atoms with E-state index < -0.39 is 13.4 Å². The van der Waals surface area contributed by atoms with Crippen molar-refractivity contribution in [1.29, 1.82) is 0 Å². The van der Waals surface area contributed by atoms with Crippen molar-refractivity contribution in [3.05, 3.63) is 0 Å². The second-order valence-corrected chi connectivity index (χ2v) is 13.2. The summed E-state index contributed by atoms with van der Waals surface area (Å²) in [6, 6.07) is 0.00667. The maximum absolute atomic E-state index is 12.1. The number of unbranched alkanes of at least 4 members (excludes halogenated alkanes) is 11. The number of quaternary nitrogens is 1. The van der Waals surface area contributed by atoms with Gasteiger partial charge in [0, 0.05) is 19.1 Å². The number of phosphoric acid groups is 1. The number of hydrogen-bond acceptors (Lipinski definition) is 4. The molecule has 36 heavy (non-hydrogen) atoms. The molecule has 0 bridgehead atoms. The lowest BCUT2D eigenvalue weighted by Crippen LogP contribution is -2.52. The van der Waals surface area contributed by atoms with Crippen LogP contribution < -0.4 is 5.73 Å². The highest BCUT2D eigenvalue weighted by Crippen LogP contribution is 2.46. The highest BCUT2D eigenvalue weighted by Gasteiger charge is 2.43. The Balaban J connectivity index is 4.95. The van der Waals surface area contributed by atoms with Crippen LogP contribution in [0.4, 0.5) is 0 Å². The number of hydrogen-bond donors (Lipinski definition) is 3. The van der Waals surface area contributed by atoms with Gasteiger partial charge < -0.3 is 24.7 Å². The predicted octanol–water partition coefficient (Wildman–Crippen LogP) is 6.94. The van der Waals surface area contributed by atoms with E-state index in [-0.39, 0.29) is 12.1 Å². The molecule has 8 heteroatoms. The monoisotopic (exact) mass is 537 g/mol. The molecule has 0 aromatic heterocycles. The maximum atomic E-state index is 12.1. The topological polar surface area (TPSA) is 102 Å². The van der Waals surface area contributed by atoms with Gasteiger partial charge in [-0.05, 0) is 32.6 Å². The summed E-state index contributed by atoms with van der Waals surface area (Å²) in [5, 5.41) is 0. The van der Waals surface area contributed by atoms with Gasteiger partial charge in [0.05, 0.1) is 27.2 Å². The summed E-state index contributed by atoms with van der Waals surface area (Å²) < 4.78 is 24.3. The van der Waals surface area contributed by atoms with E-state index in [0.717, 1.165) is 25.7 Å². The largest absolute Gasteiger partial charge is 0.470 e. The molecule has 4 N–H and O–H groups in total. The molecule has 0 radical (unpaired) electrons. The molecule has 0 saturated heterocycles. The van der Waals surface area contributed by atoms with Crippen LogP contribution in [0.2, 0.25) is 0 Å². The third kappa shape index (κ3) is 22.0. The second-order valence-electron chi connectivity index (χ2n) is 12.1. The van der Waals surface area contributed by atoms with Gasteiger partial charge in [0.1, 0.15) is 12.1 Å². The van der Waals surface area contributed by atoms with Gasteiger partial charge >= 0.3 is 7.82 Å². The highest BCUT2D eigenvalue weighted by molar-refractivity contribution is 7.46. The minimum absolute atomic E-state index is 0.00667. The Morgan fingerprint density at radius 2 is 1.33 bits per heavy atom. The number of rotatable bonds is 25. The summed E-state index contributed by atoms with van der Waals surface area (Å²) in [6.45, 7) is 7.59. The van der Waals surface area contributed by atoms with E-state index in [1.807, 2.05) is 28.1 Å². The lowest BCUT2D eigenvalue weighted by Gasteiger charge is -2.40. The van der Waals surface area contributed by atoms with Gasteiger partial charge in [0.25, 0.3) is 0 Å². The molecule has 0 aliphatic carbocycles. The Labute approximate surface area is 223 Å². The Hall–Kier alpha value is -0.0100. The molecular formula is C28H62N2O5P+. The van der Waals surface area contributed by atoms with Crippen molar-refractivity contribution in [1.82, 2.24) is 0 Å². The molecule has 0 aromatic carbocycles. The van der Waals surface area contributed by atoms with Crippen LogP contribution in [0.1, 0.15) is 130 Å². The summed E-state index contributed by atoms with van der Waals surface area (Å²) in [5.74, 6) is 0. The van der Waals surface area contributed by atoms with Crippen molar-refractivity contribution < 1.29 is 28.1 Å². The zero-order valence-electron chi connectivity index (χ0n) is 24.7. The smallest absolute Gasteiger partial charge is 0.378 e. The average molecular weight is 538 g/mol. The van der Waals surface area contributed by atoms with Crippen molar-refractivity contribution in [2.24, 2.45) is 5.73 Å². The van der Waals surface area contributed by atoms with Gasteiger partial charge in [-0.3, -0.25) is 4.52 Å². The summed E-state index contributed by atoms with van der Waals surface area (Å²) in [5.41, 5.74) is 5.47. The van der Waals surface area contributed by atoms with E-state index in [0.29, 0.717) is 36.9 Å². The second kappa shape index (κ2) is 20.0. The fraction of sp³-hybridized carbons (Fsp3) is 1.00. The molecule has 0 saturated carbocycles. The predicted molar refractivity (Wildman–Crippen MR) is 152 cm³/mol. The highest BCUT2D eigenvalue weighted by atomic mass is 31.2. The molecule has 0 aromatic rings. The third-order valence-corrected chi connectivity index (χ3v) is 7.41. The SMILES string of the molecule is CCCCCCCCCC(N)CCC(CC(C)OCCCCCCCC)(C[N+](C)(C)C)OP(=O)(O)O. The zero-order valence-corrected chi connectivity index (χ0v) is 25.6. The van der Waals surface area contributed by atoms with Gasteiger partial charge in [-0.25, -0.2) is 4.57 Å². The van der Waals surface area contributed by atoms with Gasteiger partial charge in [0.2, 0.25) is 0 Å². The van der Waals surface area contributed by atoms with Crippen molar-refractivity contribution in [2.45, 2.75) is 148 Å². The van der Waals surface area contributed by atoms with Gasteiger partial charge in [-0.2, -0.15) is 0 Å². The first-order valence-corrected chi connectivity index (χ1v) is 16.3. The summed E-state index contributed by atoms with van der Waals surface area (Å²) in [6.07, 6.45) is 18.4. The molecule has 3 unspecified atom stereocenters. The zero-order chi connectivity index (χ0) is 27.5. The Kier molecular flexibility index (Phi) is 20.0. The first-order chi connectivity index (χ1) is 16.8. The normalized spacial score (nSPS) is 16.1. The van der Waals surface area contributed by atoms with E-state index in [1.54, 1.807) is 0 Å². The number of nitrogens with two attached hydrogens (primary N) is 1. The van der Waals surface area contributed by atoms with Crippen molar-refractivity contribution in [3.8, 4) is 0 Å². The molecule has 0 fully saturated rings. The van der Waals surface area contributed by atoms with Crippen LogP contribution in [0.25, 0.3) is 0 Å². The lowest BCUT2D eigenvalue weighted by molar-refractivity contribution is -0.876. The molecule has 0 aliphatic rings. The van der Waals surface area contributed by atoms with Gasteiger partial charge in [0.15, 0.2) is 0 Å². The van der Waals surface area contributed by atoms with Crippen LogP contribution in [-0.2, 0) is 13.8 Å². The number of ether oxygens (including phenoxy) is 1. The van der Waals surface area contributed by atoms with E-state index >= 15 is 0 Å². The minimum atomic E-state index is -4.68. The first-order valence-electron chi connectivity index (χ1n) is 14.8. The number of nitrogens with zero attached hydrogens (tertiary/aromatic N) is 1. The summed E-state index contributed by atoms with van der Waals surface area (Å²) >= 11 is 0. The van der Waals surface area contributed by atoms with Crippen LogP contribution in [0, 0.1) is 0 Å². The molecule has 218 valence electrons. The molecule has 3 atom stereocenters. The van der Waals surface area contributed by atoms with E-state index in [4.69, 9.17) is 15.0 Å². The maximum Gasteiger partial charge on any atom is 0.470 e. The number of likely N-dealkylation sites (N-methyl/N-ethyl adjacent to an activating group) is 1. The fourth-order valence-electron chi connectivity index (χ4n) is 5.18. The average Bonchev–Trinajstić information content (AvgIpc) is 2.74. The number of phosphoric ester groups is 1. The summed E-state index contributed by atoms with van der Waals surface area (Å²) in [4.78, 5) is 19.6. The fourth-order valence-corrected chi connectivity index (χ4v) is 5.91. The van der Waals surface area contributed by atoms with Crippen LogP contribution in [0.3, 0.4) is 0 Å². The van der Waals surface area contributed by atoms with Crippen molar-refractivity contribution in [3.63, 3.8) is 0 Å². The molecule has 0 rings (SSSR count). The van der Waals surface area contributed by atoms with E-state index in [2.05, 4.69) is 13.8 Å². The summed E-state index contributed by atoms with van der Waals surface area (Å²) in [7, 11) is 1.39. The molecule has 0 spiro atoms. The molecule has 7 nitrogen and oxygen atoms in total. The van der Waals surface area contributed by atoms with Crippen LogP contribution in [0.5, 0.6) is 0 Å². The standard InChI is InChI=1S/C28H61N2O5P/c1-7-9-11-13-15-16-18-20-27(29)21-22-28(25-30(4,5)6,35-36(31,32)33)24-26(3)34-23-19-17-14-12-10-8-2/h26-27H,7-25,29H2,1-6H3,(H-,31,32,33)/p+1. The van der Waals surface area contributed by atoms with E-state index in [9.17, 15) is 14.4 Å². The Morgan fingerprint density at radius 1 is 0.833 bits per heavy atom. The lowest BCUT2D eigenvalue weighted by atomic mass is 9.87. The Bertz CT molecular complexity index is 567. The first kappa shape index (κ1) is 36.0. The molecule has 0 amide bonds. The third-order valence-electron chi connectivity index (χ3n) is 6.78. The van der Waals surface area contributed by atoms with Crippen LogP contribution in [0.15, 0.2) is 0 Å². The van der Waals surface area contributed by atoms with Gasteiger partial charge in [-0.1, -0.05) is 90.9 Å². The van der Waals surface area contributed by atoms with Crippen LogP contribution in [-0.4, -0.2) is 66.3 Å². The van der Waals surface area contributed by atoms with Crippen molar-refractivity contribution >= 4 is 7.82 Å². The van der Waals surface area contributed by atoms with Crippen LogP contribution >= 0.6 is 7.82 Å². The molecule has 0 aliphatic heterocycles. The quantitative estimate of drug-likeness (QED) is 0.0662. The Morgan fingerprint density at radius 3 is 1.83 bits per heavy atom. The van der Waals surface area contributed by atoms with E-state index in [1.165, 1.54) is 64.2 Å². The van der Waals surface area contributed by atoms with Crippen molar-refractivity contribution in [2.75, 3.05) is 34.3 Å².